The standard InChI is InChI=1S/C24H25N3O4S/c1-24(2)16-12-15(7-8-18(16)27(3)22(24)29)17-13-32-23(25-17)26-21(28)11-14-6-9-19(30-4)20(10-14)31-5/h6-10,12-13H,11H2,1-5H3,(H,25,26,28). The van der Waals surface area contributed by atoms with Gasteiger partial charge in [0.05, 0.1) is 31.7 Å². The summed E-state index contributed by atoms with van der Waals surface area (Å²) < 4.78 is 10.5. The second-order valence-electron chi connectivity index (χ2n) is 8.17. The highest BCUT2D eigenvalue weighted by Crippen LogP contribution is 2.42. The minimum Gasteiger partial charge on any atom is -0.493 e. The molecular weight excluding hydrogens is 426 g/mol. The van der Waals surface area contributed by atoms with E-state index < -0.39 is 5.41 Å². The Kier molecular flexibility index (Phi) is 5.64. The lowest BCUT2D eigenvalue weighted by atomic mass is 9.85. The quantitative estimate of drug-likeness (QED) is 0.606. The van der Waals surface area contributed by atoms with Crippen LogP contribution in [0.2, 0.25) is 0 Å². The number of nitrogens with zero attached hydrogens (tertiary/aromatic N) is 2. The van der Waals surface area contributed by atoms with Gasteiger partial charge in [-0.2, -0.15) is 0 Å². The Labute approximate surface area is 191 Å². The van der Waals surface area contributed by atoms with Gasteiger partial charge in [-0.05, 0) is 49.2 Å². The third kappa shape index (κ3) is 3.82. The maximum Gasteiger partial charge on any atom is 0.236 e. The summed E-state index contributed by atoms with van der Waals surface area (Å²) >= 11 is 1.37. The van der Waals surface area contributed by atoms with E-state index in [4.69, 9.17) is 9.47 Å². The number of methoxy groups -OCH3 is 2. The smallest absolute Gasteiger partial charge is 0.236 e. The molecule has 0 atom stereocenters. The number of carbonyl (C=O) groups excluding carboxylic acids is 2. The SMILES string of the molecule is COc1ccc(CC(=O)Nc2nc(-c3ccc4c(c3)C(C)(C)C(=O)N4C)cs2)cc1OC. The second-order valence-corrected chi connectivity index (χ2v) is 9.03. The maximum absolute atomic E-state index is 12.5. The number of hydrogen-bond donors (Lipinski definition) is 1. The third-order valence-corrected chi connectivity index (χ3v) is 6.49. The third-order valence-electron chi connectivity index (χ3n) is 5.73. The number of likely N-dealkylation sites (N-methyl/N-ethyl adjacent to an activating group) is 1. The largest absolute Gasteiger partial charge is 0.493 e. The number of amides is 2. The number of fused-ring (bicyclic) bond motifs is 1. The van der Waals surface area contributed by atoms with Crippen LogP contribution in [-0.4, -0.2) is 38.1 Å². The van der Waals surface area contributed by atoms with Crippen molar-refractivity contribution in [3.8, 4) is 22.8 Å². The van der Waals surface area contributed by atoms with Crippen LogP contribution in [0.25, 0.3) is 11.3 Å². The van der Waals surface area contributed by atoms with Crippen LogP contribution in [-0.2, 0) is 21.4 Å². The molecule has 0 saturated carbocycles. The molecule has 0 saturated heterocycles. The van der Waals surface area contributed by atoms with Gasteiger partial charge in [0, 0.05) is 23.7 Å². The predicted octanol–water partition coefficient (Wildman–Crippen LogP) is 4.26. The normalized spacial score (nSPS) is 14.3. The highest BCUT2D eigenvalue weighted by molar-refractivity contribution is 7.14. The van der Waals surface area contributed by atoms with Gasteiger partial charge in [0.1, 0.15) is 0 Å². The van der Waals surface area contributed by atoms with Crippen molar-refractivity contribution in [2.24, 2.45) is 0 Å². The number of thiazole rings is 1. The molecule has 7 nitrogen and oxygen atoms in total. The summed E-state index contributed by atoms with van der Waals surface area (Å²) in [6, 6.07) is 11.3. The highest BCUT2D eigenvalue weighted by Gasteiger charge is 2.42. The molecule has 0 bridgehead atoms. The Morgan fingerprint density at radius 3 is 2.59 bits per heavy atom. The zero-order chi connectivity index (χ0) is 23.0. The lowest BCUT2D eigenvalue weighted by molar-refractivity contribution is -0.121. The number of carbonyl (C=O) groups is 2. The van der Waals surface area contributed by atoms with Crippen LogP contribution in [0.1, 0.15) is 25.0 Å². The average Bonchev–Trinajstić information content (AvgIpc) is 3.31. The van der Waals surface area contributed by atoms with E-state index in [2.05, 4.69) is 10.3 Å². The molecule has 8 heteroatoms. The summed E-state index contributed by atoms with van der Waals surface area (Å²) in [5.41, 5.74) is 3.81. The Hall–Kier alpha value is -3.39. The Morgan fingerprint density at radius 1 is 1.12 bits per heavy atom. The van der Waals surface area contributed by atoms with Gasteiger partial charge in [0.15, 0.2) is 16.6 Å². The summed E-state index contributed by atoms with van der Waals surface area (Å²) in [4.78, 5) is 31.3. The molecule has 0 unspecified atom stereocenters. The van der Waals surface area contributed by atoms with E-state index in [0.29, 0.717) is 16.6 Å². The summed E-state index contributed by atoms with van der Waals surface area (Å²) in [6.07, 6.45) is 0.191. The molecule has 2 aromatic carbocycles. The van der Waals surface area contributed by atoms with Crippen molar-refractivity contribution in [3.05, 3.63) is 52.9 Å². The monoisotopic (exact) mass is 451 g/mol. The molecule has 0 fully saturated rings. The van der Waals surface area contributed by atoms with Gasteiger partial charge in [-0.3, -0.25) is 9.59 Å². The fourth-order valence-electron chi connectivity index (χ4n) is 3.94. The highest BCUT2D eigenvalue weighted by atomic mass is 32.1. The van der Waals surface area contributed by atoms with Crippen LogP contribution in [0, 0.1) is 0 Å². The molecule has 0 radical (unpaired) electrons. The zero-order valence-corrected chi connectivity index (χ0v) is 19.5. The molecule has 0 aliphatic carbocycles. The van der Waals surface area contributed by atoms with Gasteiger partial charge in [-0.25, -0.2) is 4.98 Å². The average molecular weight is 452 g/mol. The number of nitrogens with one attached hydrogen (secondary N) is 1. The van der Waals surface area contributed by atoms with Crippen molar-refractivity contribution in [2.45, 2.75) is 25.7 Å². The van der Waals surface area contributed by atoms with E-state index in [0.717, 1.165) is 28.1 Å². The predicted molar refractivity (Wildman–Crippen MR) is 126 cm³/mol. The molecule has 1 N–H and O–H groups in total. The van der Waals surface area contributed by atoms with Crippen molar-refractivity contribution < 1.29 is 19.1 Å². The number of aromatic nitrogens is 1. The van der Waals surface area contributed by atoms with Crippen molar-refractivity contribution in [2.75, 3.05) is 31.5 Å². The molecule has 0 spiro atoms. The van der Waals surface area contributed by atoms with Crippen LogP contribution in [0.15, 0.2) is 41.8 Å². The van der Waals surface area contributed by atoms with Gasteiger partial charge in [0.2, 0.25) is 11.8 Å². The summed E-state index contributed by atoms with van der Waals surface area (Å²) in [5.74, 6) is 1.11. The van der Waals surface area contributed by atoms with Gasteiger partial charge in [-0.15, -0.1) is 11.3 Å². The lowest BCUT2D eigenvalue weighted by Crippen LogP contribution is -2.33. The van der Waals surface area contributed by atoms with Gasteiger partial charge < -0.3 is 19.7 Å². The fourth-order valence-corrected chi connectivity index (χ4v) is 4.67. The Bertz CT molecular complexity index is 1200. The number of ether oxygens (including phenoxy) is 2. The van der Waals surface area contributed by atoms with Gasteiger partial charge in [-0.1, -0.05) is 12.1 Å². The first-order valence-corrected chi connectivity index (χ1v) is 11.0. The zero-order valence-electron chi connectivity index (χ0n) is 18.7. The fraction of sp³-hybridized carbons (Fsp3) is 0.292. The van der Waals surface area contributed by atoms with E-state index in [9.17, 15) is 9.59 Å². The first-order chi connectivity index (χ1) is 15.2. The van der Waals surface area contributed by atoms with E-state index in [-0.39, 0.29) is 18.2 Å². The minimum atomic E-state index is -0.577. The first kappa shape index (κ1) is 21.8. The molecular formula is C24H25N3O4S. The molecule has 2 heterocycles. The molecule has 4 rings (SSSR count). The van der Waals surface area contributed by atoms with Gasteiger partial charge in [0.25, 0.3) is 0 Å². The van der Waals surface area contributed by atoms with Crippen molar-refractivity contribution >= 4 is 34.0 Å². The minimum absolute atomic E-state index is 0.0750. The number of benzene rings is 2. The molecule has 1 aliphatic rings. The molecule has 1 aromatic heterocycles. The molecule has 32 heavy (non-hydrogen) atoms. The molecule has 1 aliphatic heterocycles. The van der Waals surface area contributed by atoms with Crippen molar-refractivity contribution in [1.82, 2.24) is 4.98 Å². The van der Waals surface area contributed by atoms with Crippen LogP contribution in [0.5, 0.6) is 11.5 Å². The lowest BCUT2D eigenvalue weighted by Gasteiger charge is -2.16. The van der Waals surface area contributed by atoms with Crippen LogP contribution >= 0.6 is 11.3 Å². The second kappa shape index (κ2) is 8.27. The Morgan fingerprint density at radius 2 is 1.88 bits per heavy atom. The molecule has 166 valence electrons. The summed E-state index contributed by atoms with van der Waals surface area (Å²) in [7, 11) is 4.93. The Balaban J connectivity index is 1.49. The van der Waals surface area contributed by atoms with Crippen LogP contribution in [0.4, 0.5) is 10.8 Å². The van der Waals surface area contributed by atoms with E-state index in [1.165, 1.54) is 11.3 Å². The van der Waals surface area contributed by atoms with E-state index >= 15 is 0 Å². The van der Waals surface area contributed by atoms with Gasteiger partial charge >= 0.3 is 0 Å². The van der Waals surface area contributed by atoms with Crippen molar-refractivity contribution in [1.29, 1.82) is 0 Å². The summed E-state index contributed by atoms with van der Waals surface area (Å²) in [6.45, 7) is 3.87. The topological polar surface area (TPSA) is 80.8 Å². The van der Waals surface area contributed by atoms with Crippen LogP contribution in [0.3, 0.4) is 0 Å². The number of anilines is 2. The molecule has 3 aromatic rings. The number of hydrogen-bond acceptors (Lipinski definition) is 6. The first-order valence-electron chi connectivity index (χ1n) is 10.1. The number of rotatable bonds is 6. The van der Waals surface area contributed by atoms with E-state index in [1.807, 2.05) is 43.5 Å². The van der Waals surface area contributed by atoms with Crippen molar-refractivity contribution in [3.63, 3.8) is 0 Å². The van der Waals surface area contributed by atoms with Crippen LogP contribution < -0.4 is 19.7 Å². The maximum atomic E-state index is 12.5. The molecule has 2 amide bonds. The van der Waals surface area contributed by atoms with E-state index in [1.54, 1.807) is 38.3 Å². The summed E-state index contributed by atoms with van der Waals surface area (Å²) in [5, 5.41) is 5.29.